The summed E-state index contributed by atoms with van der Waals surface area (Å²) in [6.45, 7) is 0.227. The molecule has 1 aliphatic heterocycles. The van der Waals surface area contributed by atoms with Crippen molar-refractivity contribution >= 4 is 45.5 Å². The van der Waals surface area contributed by atoms with Crippen LogP contribution in [0.5, 0.6) is 0 Å². The first-order valence-corrected chi connectivity index (χ1v) is 6.53. The molecule has 1 aromatic rings. The third-order valence-electron chi connectivity index (χ3n) is 2.70. The summed E-state index contributed by atoms with van der Waals surface area (Å²) in [5.41, 5.74) is 1.41. The molecule has 7 heteroatoms. The van der Waals surface area contributed by atoms with Gasteiger partial charge >= 0.3 is 5.97 Å². The molecule has 1 fully saturated rings. The molecule has 0 radical (unpaired) electrons. The Labute approximate surface area is 123 Å². The summed E-state index contributed by atoms with van der Waals surface area (Å²) in [5.74, 6) is -1.71. The number of hydrogen-bond donors (Lipinski definition) is 2. The van der Waals surface area contributed by atoms with E-state index in [0.717, 1.165) is 6.08 Å². The molecule has 104 valence electrons. The molecule has 1 aromatic carbocycles. The fourth-order valence-electron chi connectivity index (χ4n) is 1.83. The zero-order valence-electron chi connectivity index (χ0n) is 10.3. The van der Waals surface area contributed by atoms with Gasteiger partial charge in [-0.2, -0.15) is 0 Å². The number of nitrogens with zero attached hydrogens (tertiary/aromatic N) is 1. The minimum Gasteiger partial charge on any atom is -0.478 e. The van der Waals surface area contributed by atoms with Gasteiger partial charge in [-0.05, 0) is 23.8 Å². The number of hydrogen-bond acceptors (Lipinski definition) is 4. The lowest BCUT2D eigenvalue weighted by molar-refractivity contribution is -0.132. The summed E-state index contributed by atoms with van der Waals surface area (Å²) < 4.78 is 0.686. The van der Waals surface area contributed by atoms with E-state index in [1.807, 2.05) is 0 Å². The number of rotatable bonds is 3. The van der Waals surface area contributed by atoms with Gasteiger partial charge in [0.1, 0.15) is 0 Å². The Morgan fingerprint density at radius 3 is 2.50 bits per heavy atom. The van der Waals surface area contributed by atoms with E-state index in [1.54, 1.807) is 23.1 Å². The van der Waals surface area contributed by atoms with Crippen molar-refractivity contribution in [2.24, 2.45) is 0 Å². The Bertz CT molecular complexity index is 596. The molecule has 0 unspecified atom stereocenters. The average molecular weight is 339 g/mol. The molecule has 0 aromatic heterocycles. The summed E-state index contributed by atoms with van der Waals surface area (Å²) in [4.78, 5) is 34.8. The number of anilines is 1. The Kier molecular flexibility index (Phi) is 4.19. The normalized spacial score (nSPS) is 15.6. The Morgan fingerprint density at radius 1 is 1.30 bits per heavy atom. The number of benzene rings is 1. The summed E-state index contributed by atoms with van der Waals surface area (Å²) in [6, 6.07) is 5.20. The van der Waals surface area contributed by atoms with Crippen molar-refractivity contribution in [3.05, 3.63) is 34.3 Å². The van der Waals surface area contributed by atoms with E-state index in [-0.39, 0.29) is 24.9 Å². The van der Waals surface area contributed by atoms with E-state index in [1.165, 1.54) is 6.08 Å². The molecule has 0 spiro atoms. The number of carbonyl (C=O) groups excluding carboxylic acids is 2. The highest BCUT2D eigenvalue weighted by Crippen LogP contribution is 2.25. The van der Waals surface area contributed by atoms with Crippen LogP contribution in [0.3, 0.4) is 0 Å². The highest BCUT2D eigenvalue weighted by atomic mass is 79.9. The van der Waals surface area contributed by atoms with Gasteiger partial charge in [-0.1, -0.05) is 22.0 Å². The molecular weight excluding hydrogens is 328 g/mol. The molecule has 20 heavy (non-hydrogen) atoms. The van der Waals surface area contributed by atoms with Crippen LogP contribution in [0.2, 0.25) is 0 Å². The van der Waals surface area contributed by atoms with Crippen LogP contribution in [-0.4, -0.2) is 36.0 Å². The standard InChI is InChI=1S/C13H11BrN2O4/c14-10-5-9(3-1-8(10)2-4-13(19)20)16-6-11(17)15-12(18)7-16/h1-5H,6-7H2,(H,19,20)(H,15,17,18)/b4-2+. The van der Waals surface area contributed by atoms with Crippen LogP contribution in [0.1, 0.15) is 5.56 Å². The minimum atomic E-state index is -1.03. The van der Waals surface area contributed by atoms with Crippen LogP contribution in [-0.2, 0) is 14.4 Å². The van der Waals surface area contributed by atoms with Crippen molar-refractivity contribution < 1.29 is 19.5 Å². The lowest BCUT2D eigenvalue weighted by Crippen LogP contribution is -2.51. The largest absolute Gasteiger partial charge is 0.478 e. The molecular formula is C13H11BrN2O4. The van der Waals surface area contributed by atoms with E-state index < -0.39 is 5.97 Å². The molecule has 2 N–H and O–H groups in total. The number of piperazine rings is 1. The van der Waals surface area contributed by atoms with E-state index in [4.69, 9.17) is 5.11 Å². The lowest BCUT2D eigenvalue weighted by atomic mass is 10.1. The maximum absolute atomic E-state index is 11.3. The van der Waals surface area contributed by atoms with Crippen molar-refractivity contribution in [2.75, 3.05) is 18.0 Å². The van der Waals surface area contributed by atoms with Crippen molar-refractivity contribution in [2.45, 2.75) is 0 Å². The van der Waals surface area contributed by atoms with Crippen molar-refractivity contribution in [1.82, 2.24) is 5.32 Å². The third-order valence-corrected chi connectivity index (χ3v) is 3.39. The van der Waals surface area contributed by atoms with E-state index in [9.17, 15) is 14.4 Å². The maximum atomic E-state index is 11.3. The van der Waals surface area contributed by atoms with Gasteiger partial charge in [0.05, 0.1) is 13.1 Å². The Morgan fingerprint density at radius 2 is 1.95 bits per heavy atom. The molecule has 0 bridgehead atoms. The summed E-state index contributed by atoms with van der Waals surface area (Å²) >= 11 is 3.34. The fourth-order valence-corrected chi connectivity index (χ4v) is 2.33. The monoisotopic (exact) mass is 338 g/mol. The second-order valence-electron chi connectivity index (χ2n) is 4.20. The first kappa shape index (κ1) is 14.3. The minimum absolute atomic E-state index is 0.114. The topological polar surface area (TPSA) is 86.7 Å². The van der Waals surface area contributed by atoms with E-state index in [0.29, 0.717) is 15.7 Å². The van der Waals surface area contributed by atoms with Gasteiger partial charge in [-0.3, -0.25) is 14.9 Å². The van der Waals surface area contributed by atoms with Crippen LogP contribution in [0.15, 0.2) is 28.7 Å². The highest BCUT2D eigenvalue weighted by Gasteiger charge is 2.22. The number of carbonyl (C=O) groups is 3. The van der Waals surface area contributed by atoms with Crippen LogP contribution in [0.4, 0.5) is 5.69 Å². The van der Waals surface area contributed by atoms with Crippen LogP contribution >= 0.6 is 15.9 Å². The number of amides is 2. The predicted octanol–water partition coefficient (Wildman–Crippen LogP) is 1.01. The molecule has 1 saturated heterocycles. The average Bonchev–Trinajstić information content (AvgIpc) is 2.35. The number of carboxylic acid groups (broad SMARTS) is 1. The summed E-state index contributed by atoms with van der Waals surface area (Å²) in [7, 11) is 0. The Hall–Kier alpha value is -2.15. The Balaban J connectivity index is 2.22. The first-order valence-electron chi connectivity index (χ1n) is 5.74. The van der Waals surface area contributed by atoms with Gasteiger partial charge in [-0.25, -0.2) is 4.79 Å². The van der Waals surface area contributed by atoms with E-state index >= 15 is 0 Å². The molecule has 2 rings (SSSR count). The van der Waals surface area contributed by atoms with Gasteiger partial charge in [0.25, 0.3) is 0 Å². The molecule has 6 nitrogen and oxygen atoms in total. The van der Waals surface area contributed by atoms with Crippen LogP contribution in [0, 0.1) is 0 Å². The SMILES string of the molecule is O=C(O)/C=C/c1ccc(N2CC(=O)NC(=O)C2)cc1Br. The van der Waals surface area contributed by atoms with Crippen molar-refractivity contribution in [3.8, 4) is 0 Å². The number of halogens is 1. The maximum Gasteiger partial charge on any atom is 0.328 e. The van der Waals surface area contributed by atoms with Gasteiger partial charge in [0.2, 0.25) is 11.8 Å². The molecule has 1 heterocycles. The summed E-state index contributed by atoms with van der Waals surface area (Å²) in [5, 5.41) is 10.8. The van der Waals surface area contributed by atoms with Crippen molar-refractivity contribution in [3.63, 3.8) is 0 Å². The van der Waals surface area contributed by atoms with Crippen molar-refractivity contribution in [1.29, 1.82) is 0 Å². The molecule has 0 atom stereocenters. The van der Waals surface area contributed by atoms with Gasteiger partial charge < -0.3 is 10.0 Å². The first-order chi connectivity index (χ1) is 9.45. The van der Waals surface area contributed by atoms with Gasteiger partial charge in [0, 0.05) is 16.2 Å². The lowest BCUT2D eigenvalue weighted by Gasteiger charge is -2.27. The van der Waals surface area contributed by atoms with Gasteiger partial charge in [-0.15, -0.1) is 0 Å². The van der Waals surface area contributed by atoms with Crippen LogP contribution < -0.4 is 10.2 Å². The predicted molar refractivity (Wildman–Crippen MR) is 76.2 cm³/mol. The molecule has 0 aliphatic carbocycles. The summed E-state index contributed by atoms with van der Waals surface area (Å²) in [6.07, 6.45) is 2.50. The van der Waals surface area contributed by atoms with Crippen LogP contribution in [0.25, 0.3) is 6.08 Å². The smallest absolute Gasteiger partial charge is 0.328 e. The molecule has 0 saturated carbocycles. The highest BCUT2D eigenvalue weighted by molar-refractivity contribution is 9.10. The number of nitrogens with one attached hydrogen (secondary N) is 1. The number of carboxylic acids is 1. The zero-order chi connectivity index (χ0) is 14.7. The third kappa shape index (κ3) is 3.45. The second-order valence-corrected chi connectivity index (χ2v) is 5.06. The molecule has 1 aliphatic rings. The quantitative estimate of drug-likeness (QED) is 0.634. The zero-order valence-corrected chi connectivity index (χ0v) is 11.9. The number of aliphatic carboxylic acids is 1. The molecule has 2 amide bonds. The van der Waals surface area contributed by atoms with Gasteiger partial charge in [0.15, 0.2) is 0 Å². The number of imide groups is 1. The fraction of sp³-hybridized carbons (Fsp3) is 0.154. The second kappa shape index (κ2) is 5.87. The van der Waals surface area contributed by atoms with E-state index in [2.05, 4.69) is 21.2 Å².